The fourth-order valence-electron chi connectivity index (χ4n) is 1.22. The second-order valence-electron chi connectivity index (χ2n) is 2.89. The van der Waals surface area contributed by atoms with Crippen molar-refractivity contribution in [3.63, 3.8) is 0 Å². The van der Waals surface area contributed by atoms with Gasteiger partial charge in [-0.15, -0.1) is 0 Å². The maximum absolute atomic E-state index is 10.7. The van der Waals surface area contributed by atoms with Gasteiger partial charge < -0.3 is 9.79 Å². The minimum absolute atomic E-state index is 0.0155. The van der Waals surface area contributed by atoms with E-state index in [1.165, 1.54) is 0 Å². The maximum atomic E-state index is 10.7. The summed E-state index contributed by atoms with van der Waals surface area (Å²) in [7, 11) is -4.06. The van der Waals surface area contributed by atoms with Crippen molar-refractivity contribution in [2.75, 3.05) is 12.7 Å². The van der Waals surface area contributed by atoms with Gasteiger partial charge in [0, 0.05) is 6.42 Å². The van der Waals surface area contributed by atoms with Crippen LogP contribution in [0.1, 0.15) is 6.42 Å². The molecule has 70 valence electrons. The summed E-state index contributed by atoms with van der Waals surface area (Å²) >= 11 is 0. The van der Waals surface area contributed by atoms with Gasteiger partial charge in [-0.2, -0.15) is 0 Å². The molecule has 6 nitrogen and oxygen atoms in total. The number of rotatable bonds is 2. The Hall–Kier alpha value is -0.420. The SMILES string of the molecule is O=C1CC(CP(=O)(O)O)CN1O. The number of carbonyl (C=O) groups is 1. The van der Waals surface area contributed by atoms with Crippen molar-refractivity contribution in [1.82, 2.24) is 5.06 Å². The molecule has 1 amide bonds. The van der Waals surface area contributed by atoms with Crippen LogP contribution in [0.25, 0.3) is 0 Å². The fourth-order valence-corrected chi connectivity index (χ4v) is 2.14. The Morgan fingerprint density at radius 3 is 2.50 bits per heavy atom. The van der Waals surface area contributed by atoms with Crippen LogP contribution in [0.2, 0.25) is 0 Å². The second kappa shape index (κ2) is 3.14. The van der Waals surface area contributed by atoms with Crippen molar-refractivity contribution in [3.05, 3.63) is 0 Å². The summed E-state index contributed by atoms with van der Waals surface area (Å²) < 4.78 is 10.5. The van der Waals surface area contributed by atoms with Crippen LogP contribution in [0, 0.1) is 5.92 Å². The fraction of sp³-hybridized carbons (Fsp3) is 0.800. The second-order valence-corrected chi connectivity index (χ2v) is 4.59. The van der Waals surface area contributed by atoms with Crippen molar-refractivity contribution < 1.29 is 24.4 Å². The van der Waals surface area contributed by atoms with Gasteiger partial charge in [-0.1, -0.05) is 0 Å². The molecule has 0 aromatic carbocycles. The van der Waals surface area contributed by atoms with Crippen LogP contribution in [-0.2, 0) is 9.36 Å². The van der Waals surface area contributed by atoms with E-state index in [0.29, 0.717) is 5.06 Å². The smallest absolute Gasteiger partial charge is 0.324 e. The topological polar surface area (TPSA) is 98.1 Å². The van der Waals surface area contributed by atoms with Crippen molar-refractivity contribution >= 4 is 13.5 Å². The standard InChI is InChI=1S/C5H10NO5P/c7-5-1-4(2-6(5)8)3-12(9,10)11/h4,8H,1-3H2,(H2,9,10,11). The molecule has 1 fully saturated rings. The van der Waals surface area contributed by atoms with Gasteiger partial charge in [-0.3, -0.25) is 14.6 Å². The summed E-state index contributed by atoms with van der Waals surface area (Å²) in [6.07, 6.45) is -0.322. The Balaban J connectivity index is 2.48. The number of hydrogen-bond acceptors (Lipinski definition) is 3. The number of carbonyl (C=O) groups excluding carboxylic acids is 1. The van der Waals surface area contributed by atoms with Gasteiger partial charge in [-0.25, -0.2) is 5.06 Å². The minimum Gasteiger partial charge on any atom is -0.324 e. The minimum atomic E-state index is -4.06. The van der Waals surface area contributed by atoms with Gasteiger partial charge in [0.25, 0.3) is 0 Å². The summed E-state index contributed by atoms with van der Waals surface area (Å²) in [4.78, 5) is 27.8. The monoisotopic (exact) mass is 195 g/mol. The molecule has 7 heteroatoms. The third-order valence-corrected chi connectivity index (χ3v) is 2.67. The van der Waals surface area contributed by atoms with E-state index in [1.54, 1.807) is 0 Å². The van der Waals surface area contributed by atoms with Crippen molar-refractivity contribution in [2.24, 2.45) is 5.92 Å². The third-order valence-electron chi connectivity index (χ3n) is 1.68. The van der Waals surface area contributed by atoms with Crippen LogP contribution in [0.5, 0.6) is 0 Å². The Labute approximate surface area is 68.9 Å². The molecule has 0 aliphatic carbocycles. The van der Waals surface area contributed by atoms with Gasteiger partial charge in [0.05, 0.1) is 12.7 Å². The normalized spacial score (nSPS) is 25.1. The summed E-state index contributed by atoms with van der Waals surface area (Å²) in [5.74, 6) is -0.906. The number of amides is 1. The molecule has 1 rings (SSSR count). The average Bonchev–Trinajstić information content (AvgIpc) is 2.07. The molecule has 12 heavy (non-hydrogen) atoms. The van der Waals surface area contributed by atoms with Crippen LogP contribution in [-0.4, -0.2) is 38.7 Å². The molecule has 1 heterocycles. The average molecular weight is 195 g/mol. The first-order valence-corrected chi connectivity index (χ1v) is 5.22. The van der Waals surface area contributed by atoms with Crippen molar-refractivity contribution in [3.8, 4) is 0 Å². The lowest BCUT2D eigenvalue weighted by atomic mass is 10.1. The van der Waals surface area contributed by atoms with Crippen LogP contribution in [0.4, 0.5) is 0 Å². The van der Waals surface area contributed by atoms with Gasteiger partial charge in [0.2, 0.25) is 5.91 Å². The highest BCUT2D eigenvalue weighted by Crippen LogP contribution is 2.39. The van der Waals surface area contributed by atoms with Crippen LogP contribution in [0.15, 0.2) is 0 Å². The summed E-state index contributed by atoms with van der Waals surface area (Å²) in [5.41, 5.74) is 0. The molecule has 0 aromatic heterocycles. The molecule has 1 aliphatic heterocycles. The van der Waals surface area contributed by atoms with Crippen LogP contribution < -0.4 is 0 Å². The molecule has 0 saturated carbocycles. The Morgan fingerprint density at radius 1 is 1.58 bits per heavy atom. The first-order valence-electron chi connectivity index (χ1n) is 3.42. The van der Waals surface area contributed by atoms with Gasteiger partial charge in [0.15, 0.2) is 0 Å². The highest BCUT2D eigenvalue weighted by atomic mass is 31.2. The quantitative estimate of drug-likeness (QED) is 0.403. The molecular formula is C5H10NO5P. The first-order chi connectivity index (χ1) is 5.38. The number of hydroxylamine groups is 2. The molecule has 1 saturated heterocycles. The zero-order valence-corrected chi connectivity index (χ0v) is 7.15. The largest absolute Gasteiger partial charge is 0.325 e. The molecule has 1 unspecified atom stereocenters. The van der Waals surface area contributed by atoms with E-state index >= 15 is 0 Å². The molecular weight excluding hydrogens is 185 g/mol. The Kier molecular flexibility index (Phi) is 2.53. The zero-order valence-electron chi connectivity index (χ0n) is 6.25. The maximum Gasteiger partial charge on any atom is 0.325 e. The van der Waals surface area contributed by atoms with E-state index < -0.39 is 19.4 Å². The zero-order chi connectivity index (χ0) is 9.35. The summed E-state index contributed by atoms with van der Waals surface area (Å²) in [5, 5.41) is 9.30. The van der Waals surface area contributed by atoms with E-state index in [0.717, 1.165) is 0 Å². The molecule has 0 spiro atoms. The molecule has 0 radical (unpaired) electrons. The van der Waals surface area contributed by atoms with Crippen molar-refractivity contribution in [2.45, 2.75) is 6.42 Å². The van der Waals surface area contributed by atoms with Crippen LogP contribution in [0.3, 0.4) is 0 Å². The summed E-state index contributed by atoms with van der Waals surface area (Å²) in [6, 6.07) is 0. The lowest BCUT2D eigenvalue weighted by Gasteiger charge is -2.09. The van der Waals surface area contributed by atoms with E-state index in [1.807, 2.05) is 0 Å². The lowest BCUT2D eigenvalue weighted by molar-refractivity contribution is -0.157. The Morgan fingerprint density at radius 2 is 2.17 bits per heavy atom. The molecule has 3 N–H and O–H groups in total. The Bertz CT molecular complexity index is 236. The number of nitrogens with zero attached hydrogens (tertiary/aromatic N) is 1. The molecule has 0 aromatic rings. The lowest BCUT2D eigenvalue weighted by Crippen LogP contribution is -2.20. The van der Waals surface area contributed by atoms with E-state index in [4.69, 9.17) is 15.0 Å². The predicted octanol–water partition coefficient (Wildman–Crippen LogP) is -0.598. The molecule has 1 aliphatic rings. The molecule has 0 bridgehead atoms. The van der Waals surface area contributed by atoms with Crippen molar-refractivity contribution in [1.29, 1.82) is 0 Å². The van der Waals surface area contributed by atoms with E-state index in [-0.39, 0.29) is 19.1 Å². The first kappa shape index (κ1) is 9.67. The highest BCUT2D eigenvalue weighted by Gasteiger charge is 2.33. The van der Waals surface area contributed by atoms with Gasteiger partial charge in [0.1, 0.15) is 0 Å². The van der Waals surface area contributed by atoms with E-state index in [2.05, 4.69) is 0 Å². The van der Waals surface area contributed by atoms with E-state index in [9.17, 15) is 9.36 Å². The van der Waals surface area contributed by atoms with Crippen LogP contribution >= 0.6 is 7.60 Å². The highest BCUT2D eigenvalue weighted by molar-refractivity contribution is 7.51. The van der Waals surface area contributed by atoms with Gasteiger partial charge >= 0.3 is 7.60 Å². The molecule has 1 atom stereocenters. The predicted molar refractivity (Wildman–Crippen MR) is 38.5 cm³/mol. The third kappa shape index (κ3) is 2.57. The summed E-state index contributed by atoms with van der Waals surface area (Å²) in [6.45, 7) is 0.0178. The number of hydrogen-bond donors (Lipinski definition) is 3. The van der Waals surface area contributed by atoms with Gasteiger partial charge in [-0.05, 0) is 5.92 Å².